The van der Waals surface area contributed by atoms with Crippen molar-refractivity contribution in [3.63, 3.8) is 0 Å². The molecule has 1 aliphatic rings. The van der Waals surface area contributed by atoms with E-state index in [2.05, 4.69) is 0 Å². The Morgan fingerprint density at radius 2 is 2.25 bits per heavy atom. The van der Waals surface area contributed by atoms with E-state index in [0.717, 1.165) is 31.4 Å². The molecule has 1 saturated heterocycles. The molecule has 1 aliphatic heterocycles. The summed E-state index contributed by atoms with van der Waals surface area (Å²) in [5.41, 5.74) is 7.06. The van der Waals surface area contributed by atoms with Crippen molar-refractivity contribution in [2.45, 2.75) is 31.4 Å². The Morgan fingerprint density at radius 1 is 1.44 bits per heavy atom. The highest BCUT2D eigenvalue weighted by Gasteiger charge is 2.20. The van der Waals surface area contributed by atoms with E-state index in [1.807, 2.05) is 12.1 Å². The predicted octanol–water partition coefficient (Wildman–Crippen LogP) is 3.56. The van der Waals surface area contributed by atoms with Gasteiger partial charge in [0.25, 0.3) is 0 Å². The van der Waals surface area contributed by atoms with E-state index in [-0.39, 0.29) is 12.1 Å². The first-order valence-electron chi connectivity index (χ1n) is 5.49. The van der Waals surface area contributed by atoms with Gasteiger partial charge in [0, 0.05) is 22.7 Å². The minimum absolute atomic E-state index is 0.0760. The first-order chi connectivity index (χ1) is 7.66. The van der Waals surface area contributed by atoms with Crippen LogP contribution in [0, 0.1) is 0 Å². The Morgan fingerprint density at radius 3 is 2.88 bits per heavy atom. The smallest absolute Gasteiger partial charge is 0.0594 e. The molecule has 1 heterocycles. The van der Waals surface area contributed by atoms with Crippen LogP contribution in [-0.2, 0) is 4.74 Å². The van der Waals surface area contributed by atoms with Crippen LogP contribution in [0.25, 0.3) is 0 Å². The predicted molar refractivity (Wildman–Crippen MR) is 67.0 cm³/mol. The van der Waals surface area contributed by atoms with Gasteiger partial charge in [0.2, 0.25) is 0 Å². The first kappa shape index (κ1) is 12.2. The van der Waals surface area contributed by atoms with Crippen LogP contribution in [0.5, 0.6) is 0 Å². The molecule has 88 valence electrons. The van der Waals surface area contributed by atoms with Crippen LogP contribution in [-0.4, -0.2) is 12.7 Å². The molecular weight excluding hydrogens is 245 g/mol. The molecule has 0 radical (unpaired) electrons. The monoisotopic (exact) mass is 259 g/mol. The maximum Gasteiger partial charge on any atom is 0.0594 e. The van der Waals surface area contributed by atoms with Gasteiger partial charge in [-0.15, -0.1) is 0 Å². The zero-order valence-corrected chi connectivity index (χ0v) is 10.5. The maximum absolute atomic E-state index is 6.12. The number of halogens is 2. The van der Waals surface area contributed by atoms with Crippen LogP contribution in [0.3, 0.4) is 0 Å². The van der Waals surface area contributed by atoms with Gasteiger partial charge in [-0.2, -0.15) is 0 Å². The van der Waals surface area contributed by atoms with Crippen molar-refractivity contribution in [1.82, 2.24) is 0 Å². The topological polar surface area (TPSA) is 35.2 Å². The summed E-state index contributed by atoms with van der Waals surface area (Å²) in [5.74, 6) is 0. The highest BCUT2D eigenvalue weighted by Crippen LogP contribution is 2.29. The molecule has 1 aromatic carbocycles. The van der Waals surface area contributed by atoms with Crippen molar-refractivity contribution < 1.29 is 4.74 Å². The van der Waals surface area contributed by atoms with Gasteiger partial charge in [-0.25, -0.2) is 0 Å². The first-order valence-corrected chi connectivity index (χ1v) is 6.24. The minimum atomic E-state index is -0.0760. The van der Waals surface area contributed by atoms with Gasteiger partial charge in [0.15, 0.2) is 0 Å². The van der Waals surface area contributed by atoms with Gasteiger partial charge in [-0.05, 0) is 37.0 Å². The van der Waals surface area contributed by atoms with Gasteiger partial charge >= 0.3 is 0 Å². The fraction of sp³-hybridized carbons (Fsp3) is 0.500. The Labute approximate surface area is 106 Å². The van der Waals surface area contributed by atoms with Gasteiger partial charge in [-0.1, -0.05) is 29.3 Å². The van der Waals surface area contributed by atoms with Crippen LogP contribution in [0.15, 0.2) is 18.2 Å². The average Bonchev–Trinajstić information content (AvgIpc) is 2.70. The Bertz CT molecular complexity index is 364. The van der Waals surface area contributed by atoms with Crippen molar-refractivity contribution in [1.29, 1.82) is 0 Å². The molecule has 1 aromatic rings. The number of benzene rings is 1. The lowest BCUT2D eigenvalue weighted by Gasteiger charge is -2.17. The number of hydrogen-bond acceptors (Lipinski definition) is 2. The fourth-order valence-electron chi connectivity index (χ4n) is 2.04. The summed E-state index contributed by atoms with van der Waals surface area (Å²) >= 11 is 11.9. The normalized spacial score (nSPS) is 22.3. The summed E-state index contributed by atoms with van der Waals surface area (Å²) in [6.07, 6.45) is 3.33. The van der Waals surface area contributed by atoms with Crippen LogP contribution in [0.4, 0.5) is 0 Å². The lowest BCUT2D eigenvalue weighted by atomic mass is 10.0. The van der Waals surface area contributed by atoms with Crippen LogP contribution >= 0.6 is 23.2 Å². The largest absolute Gasteiger partial charge is 0.378 e. The third kappa shape index (κ3) is 2.89. The van der Waals surface area contributed by atoms with Gasteiger partial charge in [0.1, 0.15) is 0 Å². The van der Waals surface area contributed by atoms with Gasteiger partial charge in [-0.3, -0.25) is 0 Å². The van der Waals surface area contributed by atoms with Crippen LogP contribution < -0.4 is 5.73 Å². The second kappa shape index (κ2) is 5.37. The molecule has 2 atom stereocenters. The lowest BCUT2D eigenvalue weighted by molar-refractivity contribution is 0.0983. The lowest BCUT2D eigenvalue weighted by Crippen LogP contribution is -2.18. The molecule has 16 heavy (non-hydrogen) atoms. The summed E-state index contributed by atoms with van der Waals surface area (Å²) in [6, 6.07) is 5.36. The van der Waals surface area contributed by atoms with E-state index >= 15 is 0 Å². The minimum Gasteiger partial charge on any atom is -0.378 e. The summed E-state index contributed by atoms with van der Waals surface area (Å²) < 4.78 is 5.56. The molecule has 2 nitrogen and oxygen atoms in total. The third-order valence-electron chi connectivity index (χ3n) is 2.90. The Balaban J connectivity index is 2.04. The van der Waals surface area contributed by atoms with Crippen molar-refractivity contribution >= 4 is 23.2 Å². The molecule has 0 saturated carbocycles. The SMILES string of the molecule is NC(CC1CCCO1)c1ccc(Cl)cc1Cl. The summed E-state index contributed by atoms with van der Waals surface area (Å²) in [5, 5.41) is 1.27. The van der Waals surface area contributed by atoms with Crippen molar-refractivity contribution in [2.75, 3.05) is 6.61 Å². The molecule has 0 aliphatic carbocycles. The number of rotatable bonds is 3. The van der Waals surface area contributed by atoms with Crippen LogP contribution in [0.2, 0.25) is 10.0 Å². The van der Waals surface area contributed by atoms with Crippen molar-refractivity contribution in [2.24, 2.45) is 5.73 Å². The van der Waals surface area contributed by atoms with E-state index in [1.165, 1.54) is 0 Å². The summed E-state index contributed by atoms with van der Waals surface area (Å²) in [4.78, 5) is 0. The van der Waals surface area contributed by atoms with Crippen molar-refractivity contribution in [3.8, 4) is 0 Å². The quantitative estimate of drug-likeness (QED) is 0.901. The standard InChI is InChI=1S/C12H15Cl2NO/c13-8-3-4-10(11(14)6-8)12(15)7-9-2-1-5-16-9/h3-4,6,9,12H,1-2,5,7,15H2. The number of ether oxygens (including phenoxy) is 1. The Kier molecular flexibility index (Phi) is 4.09. The summed E-state index contributed by atoms with van der Waals surface area (Å²) in [7, 11) is 0. The Hall–Kier alpha value is -0.280. The molecule has 0 spiro atoms. The zero-order valence-electron chi connectivity index (χ0n) is 8.96. The maximum atomic E-state index is 6.12. The number of nitrogens with two attached hydrogens (primary N) is 1. The van der Waals surface area contributed by atoms with E-state index in [9.17, 15) is 0 Å². The van der Waals surface area contributed by atoms with E-state index in [0.29, 0.717) is 10.0 Å². The number of hydrogen-bond donors (Lipinski definition) is 1. The van der Waals surface area contributed by atoms with E-state index < -0.39 is 0 Å². The highest BCUT2D eigenvalue weighted by molar-refractivity contribution is 6.35. The molecule has 1 fully saturated rings. The molecule has 4 heteroatoms. The van der Waals surface area contributed by atoms with Gasteiger partial charge < -0.3 is 10.5 Å². The second-order valence-corrected chi connectivity index (χ2v) is 4.99. The zero-order chi connectivity index (χ0) is 11.5. The molecule has 0 bridgehead atoms. The summed E-state index contributed by atoms with van der Waals surface area (Å²) in [6.45, 7) is 0.853. The average molecular weight is 260 g/mol. The van der Waals surface area contributed by atoms with Crippen molar-refractivity contribution in [3.05, 3.63) is 33.8 Å². The van der Waals surface area contributed by atoms with Crippen LogP contribution in [0.1, 0.15) is 30.9 Å². The molecule has 2 rings (SSSR count). The van der Waals surface area contributed by atoms with E-state index in [4.69, 9.17) is 33.7 Å². The molecule has 2 N–H and O–H groups in total. The fourth-order valence-corrected chi connectivity index (χ4v) is 2.59. The van der Waals surface area contributed by atoms with E-state index in [1.54, 1.807) is 6.07 Å². The molecule has 0 aromatic heterocycles. The molecule has 0 amide bonds. The second-order valence-electron chi connectivity index (χ2n) is 4.14. The highest BCUT2D eigenvalue weighted by atomic mass is 35.5. The third-order valence-corrected chi connectivity index (χ3v) is 3.47. The van der Waals surface area contributed by atoms with Gasteiger partial charge in [0.05, 0.1) is 6.10 Å². The molecular formula is C12H15Cl2NO. The molecule has 2 unspecified atom stereocenters.